The van der Waals surface area contributed by atoms with Gasteiger partial charge in [0.05, 0.1) is 29.1 Å². The minimum Gasteiger partial charge on any atom is -0.462 e. The van der Waals surface area contributed by atoms with Gasteiger partial charge < -0.3 is 4.74 Å². The Labute approximate surface area is 177 Å². The molecule has 0 fully saturated rings. The Kier molecular flexibility index (Phi) is 5.37. The highest BCUT2D eigenvalue weighted by Gasteiger charge is 2.34. The zero-order valence-electron chi connectivity index (χ0n) is 16.2. The molecule has 1 aliphatic rings. The number of esters is 1. The van der Waals surface area contributed by atoms with Gasteiger partial charge in [-0.25, -0.2) is 9.48 Å². The van der Waals surface area contributed by atoms with Crippen LogP contribution in [0.15, 0.2) is 54.6 Å². The van der Waals surface area contributed by atoms with Crippen LogP contribution in [0.1, 0.15) is 43.2 Å². The van der Waals surface area contributed by atoms with E-state index in [1.165, 1.54) is 9.58 Å². The molecule has 2 aromatic carbocycles. The van der Waals surface area contributed by atoms with Crippen LogP contribution in [-0.2, 0) is 4.74 Å². The number of carbonyl (C=O) groups excluding carboxylic acids is 3. The first kappa shape index (κ1) is 19.8. The lowest BCUT2D eigenvalue weighted by Gasteiger charge is -2.13. The van der Waals surface area contributed by atoms with Crippen molar-refractivity contribution in [3.05, 3.63) is 82.1 Å². The van der Waals surface area contributed by atoms with E-state index in [9.17, 15) is 14.4 Å². The van der Waals surface area contributed by atoms with Crippen molar-refractivity contribution in [1.82, 2.24) is 14.7 Å². The number of amides is 2. The maximum atomic E-state index is 12.5. The predicted octanol–water partition coefficient (Wildman–Crippen LogP) is 3.68. The summed E-state index contributed by atoms with van der Waals surface area (Å²) in [5, 5.41) is 4.49. The lowest BCUT2D eigenvalue weighted by atomic mass is 10.1. The number of halogens is 1. The summed E-state index contributed by atoms with van der Waals surface area (Å²) in [4.78, 5) is 38.4. The van der Waals surface area contributed by atoms with Gasteiger partial charge in [-0.15, -0.1) is 0 Å². The molecule has 152 valence electrons. The van der Waals surface area contributed by atoms with E-state index in [1.54, 1.807) is 31.2 Å². The summed E-state index contributed by atoms with van der Waals surface area (Å²) in [5.74, 6) is -1.25. The van der Waals surface area contributed by atoms with E-state index >= 15 is 0 Å². The minimum absolute atomic E-state index is 0.0402. The van der Waals surface area contributed by atoms with Crippen molar-refractivity contribution in [2.45, 2.75) is 13.3 Å². The third-order valence-corrected chi connectivity index (χ3v) is 5.20. The molecule has 30 heavy (non-hydrogen) atoms. The second-order valence-electron chi connectivity index (χ2n) is 6.80. The quantitative estimate of drug-likeness (QED) is 0.343. The molecule has 0 radical (unpaired) electrons. The number of nitrogens with zero attached hydrogens (tertiary/aromatic N) is 3. The predicted molar refractivity (Wildman–Crippen MR) is 110 cm³/mol. The van der Waals surface area contributed by atoms with Crippen molar-refractivity contribution in [1.29, 1.82) is 0 Å². The van der Waals surface area contributed by atoms with Crippen molar-refractivity contribution < 1.29 is 19.1 Å². The lowest BCUT2D eigenvalue weighted by molar-refractivity contribution is 0.0482. The number of imide groups is 1. The summed E-state index contributed by atoms with van der Waals surface area (Å²) in [5.41, 5.74) is 2.18. The summed E-state index contributed by atoms with van der Waals surface area (Å²) >= 11 is 6.37. The number of benzene rings is 2. The van der Waals surface area contributed by atoms with Crippen LogP contribution >= 0.6 is 11.6 Å². The van der Waals surface area contributed by atoms with Gasteiger partial charge in [-0.1, -0.05) is 41.9 Å². The summed E-state index contributed by atoms with van der Waals surface area (Å²) in [6.07, 6.45) is 0.320. The molecular weight excluding hydrogens is 406 g/mol. The number of carbonyl (C=O) groups is 3. The summed E-state index contributed by atoms with van der Waals surface area (Å²) in [7, 11) is 0. The second kappa shape index (κ2) is 8.12. The number of rotatable bonds is 6. The number of hydrogen-bond donors (Lipinski definition) is 0. The Hall–Kier alpha value is -3.45. The van der Waals surface area contributed by atoms with Crippen molar-refractivity contribution in [2.75, 3.05) is 13.2 Å². The Bertz CT molecular complexity index is 1110. The summed E-state index contributed by atoms with van der Waals surface area (Å²) in [6, 6.07) is 15.9. The standard InChI is InChI=1S/C22H18ClN3O4/c1-14-18(19(23)26(24-14)15-8-3-2-4-9-15)22(29)30-13-7-12-25-20(27)16-10-5-6-11-17(16)21(25)28/h2-6,8-11H,7,12-13H2,1H3. The highest BCUT2D eigenvalue weighted by molar-refractivity contribution is 6.33. The van der Waals surface area contributed by atoms with E-state index in [0.29, 0.717) is 23.2 Å². The Morgan fingerprint density at radius 2 is 1.60 bits per heavy atom. The topological polar surface area (TPSA) is 81.5 Å². The van der Waals surface area contributed by atoms with Crippen molar-refractivity contribution >= 4 is 29.4 Å². The molecule has 0 saturated heterocycles. The number of ether oxygens (including phenoxy) is 1. The SMILES string of the molecule is Cc1nn(-c2ccccc2)c(Cl)c1C(=O)OCCCN1C(=O)c2ccccc2C1=O. The molecule has 3 aromatic rings. The number of aryl methyl sites for hydroxylation is 1. The molecular formula is C22H18ClN3O4. The smallest absolute Gasteiger partial charge is 0.343 e. The molecule has 1 aliphatic heterocycles. The molecule has 0 aliphatic carbocycles. The maximum absolute atomic E-state index is 12.5. The number of hydrogen-bond acceptors (Lipinski definition) is 5. The van der Waals surface area contributed by atoms with Crippen LogP contribution in [0.4, 0.5) is 0 Å². The molecule has 2 heterocycles. The van der Waals surface area contributed by atoms with Gasteiger partial charge in [0.2, 0.25) is 0 Å². The van der Waals surface area contributed by atoms with E-state index in [1.807, 2.05) is 30.3 Å². The van der Waals surface area contributed by atoms with Crippen LogP contribution in [0.5, 0.6) is 0 Å². The highest BCUT2D eigenvalue weighted by Crippen LogP contribution is 2.25. The molecule has 0 spiro atoms. The van der Waals surface area contributed by atoms with E-state index in [2.05, 4.69) is 5.10 Å². The average Bonchev–Trinajstić information content (AvgIpc) is 3.19. The molecule has 7 nitrogen and oxygen atoms in total. The summed E-state index contributed by atoms with van der Waals surface area (Å²) in [6.45, 7) is 1.88. The molecule has 0 N–H and O–H groups in total. The molecule has 1 aromatic heterocycles. The number of para-hydroxylation sites is 1. The number of aromatic nitrogens is 2. The molecule has 0 bridgehead atoms. The van der Waals surface area contributed by atoms with Crippen LogP contribution in [0, 0.1) is 6.92 Å². The molecule has 0 atom stereocenters. The van der Waals surface area contributed by atoms with E-state index in [-0.39, 0.29) is 35.7 Å². The monoisotopic (exact) mass is 423 g/mol. The van der Waals surface area contributed by atoms with Gasteiger partial charge in [0.15, 0.2) is 0 Å². The first-order chi connectivity index (χ1) is 14.5. The number of fused-ring (bicyclic) bond motifs is 1. The van der Waals surface area contributed by atoms with Gasteiger partial charge >= 0.3 is 5.97 Å². The minimum atomic E-state index is -0.595. The Morgan fingerprint density at radius 3 is 2.23 bits per heavy atom. The van der Waals surface area contributed by atoms with Gasteiger partial charge in [0.25, 0.3) is 11.8 Å². The summed E-state index contributed by atoms with van der Waals surface area (Å²) < 4.78 is 6.80. The van der Waals surface area contributed by atoms with Gasteiger partial charge in [-0.2, -0.15) is 5.10 Å². The van der Waals surface area contributed by atoms with Crippen LogP contribution in [0.3, 0.4) is 0 Å². The van der Waals surface area contributed by atoms with Gasteiger partial charge in [-0.3, -0.25) is 14.5 Å². The van der Waals surface area contributed by atoms with E-state index in [4.69, 9.17) is 16.3 Å². The average molecular weight is 424 g/mol. The fraction of sp³-hybridized carbons (Fsp3) is 0.182. The van der Waals surface area contributed by atoms with Crippen LogP contribution < -0.4 is 0 Å². The molecule has 2 amide bonds. The van der Waals surface area contributed by atoms with Crippen LogP contribution in [0.2, 0.25) is 5.15 Å². The molecule has 4 rings (SSSR count). The fourth-order valence-electron chi connectivity index (χ4n) is 3.37. The van der Waals surface area contributed by atoms with Gasteiger partial charge in [-0.05, 0) is 37.6 Å². The Morgan fingerprint density at radius 1 is 1.00 bits per heavy atom. The third kappa shape index (κ3) is 3.48. The Balaban J connectivity index is 1.37. The second-order valence-corrected chi connectivity index (χ2v) is 7.15. The van der Waals surface area contributed by atoms with E-state index in [0.717, 1.165) is 5.69 Å². The molecule has 0 unspecified atom stereocenters. The van der Waals surface area contributed by atoms with Crippen molar-refractivity contribution in [3.63, 3.8) is 0 Å². The first-order valence-electron chi connectivity index (χ1n) is 9.42. The van der Waals surface area contributed by atoms with Crippen molar-refractivity contribution in [2.24, 2.45) is 0 Å². The van der Waals surface area contributed by atoms with E-state index < -0.39 is 5.97 Å². The van der Waals surface area contributed by atoms with Crippen LogP contribution in [0.25, 0.3) is 5.69 Å². The van der Waals surface area contributed by atoms with Gasteiger partial charge in [0, 0.05) is 6.54 Å². The van der Waals surface area contributed by atoms with Crippen molar-refractivity contribution in [3.8, 4) is 5.69 Å². The van der Waals surface area contributed by atoms with Crippen LogP contribution in [-0.4, -0.2) is 45.6 Å². The lowest BCUT2D eigenvalue weighted by Crippen LogP contribution is -2.31. The zero-order valence-corrected chi connectivity index (χ0v) is 16.9. The maximum Gasteiger partial charge on any atom is 0.343 e. The van der Waals surface area contributed by atoms with Gasteiger partial charge in [0.1, 0.15) is 10.7 Å². The zero-order chi connectivity index (χ0) is 21.3. The highest BCUT2D eigenvalue weighted by atomic mass is 35.5. The normalized spacial score (nSPS) is 12.9. The molecule has 8 heteroatoms. The third-order valence-electron chi connectivity index (χ3n) is 4.85. The molecule has 0 saturated carbocycles. The fourth-order valence-corrected chi connectivity index (χ4v) is 3.72. The largest absolute Gasteiger partial charge is 0.462 e. The first-order valence-corrected chi connectivity index (χ1v) is 9.79.